The summed E-state index contributed by atoms with van der Waals surface area (Å²) in [5, 5.41) is 10.1. The van der Waals surface area contributed by atoms with Crippen molar-refractivity contribution in [2.24, 2.45) is 0 Å². The summed E-state index contributed by atoms with van der Waals surface area (Å²) in [6.45, 7) is 0. The average Bonchev–Trinajstić information content (AvgIpc) is 2.50. The standard InChI is InChI=1S/C9H6Cl2N2O/c10-6-1-5(2-7(11)3-6)9-12-4-8(14)13-9/h1-4,14H,(H,12,13). The maximum atomic E-state index is 9.07. The Morgan fingerprint density at radius 1 is 1.14 bits per heavy atom. The van der Waals surface area contributed by atoms with Crippen LogP contribution in [0.15, 0.2) is 24.4 Å². The van der Waals surface area contributed by atoms with Crippen molar-refractivity contribution in [2.75, 3.05) is 0 Å². The molecule has 2 rings (SSSR count). The molecule has 0 aliphatic rings. The van der Waals surface area contributed by atoms with Crippen LogP contribution in [-0.4, -0.2) is 15.1 Å². The second-order valence-corrected chi connectivity index (χ2v) is 3.65. The summed E-state index contributed by atoms with van der Waals surface area (Å²) in [7, 11) is 0. The van der Waals surface area contributed by atoms with E-state index < -0.39 is 0 Å². The van der Waals surface area contributed by atoms with Gasteiger partial charge in [0.25, 0.3) is 0 Å². The van der Waals surface area contributed by atoms with Gasteiger partial charge in [0.1, 0.15) is 5.82 Å². The minimum absolute atomic E-state index is 0.0103. The topological polar surface area (TPSA) is 48.9 Å². The Bertz CT molecular complexity index is 447. The van der Waals surface area contributed by atoms with Crippen LogP contribution in [0.3, 0.4) is 0 Å². The van der Waals surface area contributed by atoms with Crippen LogP contribution >= 0.6 is 23.2 Å². The minimum atomic E-state index is 0.0103. The van der Waals surface area contributed by atoms with E-state index in [1.54, 1.807) is 18.2 Å². The third-order valence-corrected chi connectivity index (χ3v) is 2.13. The molecule has 0 atom stereocenters. The van der Waals surface area contributed by atoms with Crippen molar-refractivity contribution in [3.8, 4) is 17.3 Å². The first-order chi connectivity index (χ1) is 6.65. The fourth-order valence-electron chi connectivity index (χ4n) is 1.15. The zero-order valence-electron chi connectivity index (χ0n) is 6.96. The molecular weight excluding hydrogens is 223 g/mol. The third kappa shape index (κ3) is 1.84. The number of H-pyrrole nitrogens is 1. The Hall–Kier alpha value is -1.19. The molecule has 5 heteroatoms. The third-order valence-electron chi connectivity index (χ3n) is 1.70. The predicted octanol–water partition coefficient (Wildman–Crippen LogP) is 3.09. The van der Waals surface area contributed by atoms with Crippen molar-refractivity contribution in [2.45, 2.75) is 0 Å². The Kier molecular flexibility index (Phi) is 2.35. The lowest BCUT2D eigenvalue weighted by Crippen LogP contribution is -1.80. The maximum Gasteiger partial charge on any atom is 0.208 e. The zero-order chi connectivity index (χ0) is 10.1. The second-order valence-electron chi connectivity index (χ2n) is 2.78. The van der Waals surface area contributed by atoms with Gasteiger partial charge in [-0.15, -0.1) is 0 Å². The molecule has 14 heavy (non-hydrogen) atoms. The Morgan fingerprint density at radius 2 is 1.79 bits per heavy atom. The van der Waals surface area contributed by atoms with Crippen LogP contribution in [-0.2, 0) is 0 Å². The number of hydrogen-bond acceptors (Lipinski definition) is 2. The number of aromatic hydroxyl groups is 1. The summed E-state index contributed by atoms with van der Waals surface area (Å²) in [4.78, 5) is 6.62. The molecule has 3 nitrogen and oxygen atoms in total. The number of rotatable bonds is 1. The number of nitrogens with one attached hydrogen (secondary N) is 1. The van der Waals surface area contributed by atoms with Gasteiger partial charge in [0.05, 0.1) is 6.20 Å². The van der Waals surface area contributed by atoms with Gasteiger partial charge in [0.15, 0.2) is 0 Å². The Balaban J connectivity index is 2.51. The molecule has 0 fully saturated rings. The van der Waals surface area contributed by atoms with E-state index in [0.717, 1.165) is 5.56 Å². The smallest absolute Gasteiger partial charge is 0.208 e. The number of aromatic amines is 1. The fraction of sp³-hybridized carbons (Fsp3) is 0. The molecule has 0 unspecified atom stereocenters. The van der Waals surface area contributed by atoms with E-state index in [-0.39, 0.29) is 5.88 Å². The molecule has 0 radical (unpaired) electrons. The van der Waals surface area contributed by atoms with Crippen molar-refractivity contribution in [1.29, 1.82) is 0 Å². The van der Waals surface area contributed by atoms with Crippen LogP contribution in [0, 0.1) is 0 Å². The number of aromatic nitrogens is 2. The molecule has 0 bridgehead atoms. The lowest BCUT2D eigenvalue weighted by molar-refractivity contribution is 0.457. The van der Waals surface area contributed by atoms with Crippen LogP contribution in [0.4, 0.5) is 0 Å². The first-order valence-electron chi connectivity index (χ1n) is 3.85. The number of imidazole rings is 1. The molecule has 72 valence electrons. The van der Waals surface area contributed by atoms with E-state index in [0.29, 0.717) is 15.9 Å². The fourth-order valence-corrected chi connectivity index (χ4v) is 1.67. The van der Waals surface area contributed by atoms with Crippen molar-refractivity contribution in [3.63, 3.8) is 0 Å². The quantitative estimate of drug-likeness (QED) is 0.789. The van der Waals surface area contributed by atoms with Crippen LogP contribution < -0.4 is 0 Å². The highest BCUT2D eigenvalue weighted by atomic mass is 35.5. The first kappa shape index (κ1) is 9.37. The molecule has 0 aliphatic carbocycles. The number of hydrogen-bond donors (Lipinski definition) is 2. The second kappa shape index (κ2) is 3.52. The average molecular weight is 229 g/mol. The summed E-state index contributed by atoms with van der Waals surface area (Å²) >= 11 is 11.6. The largest absolute Gasteiger partial charge is 0.493 e. The van der Waals surface area contributed by atoms with Crippen molar-refractivity contribution < 1.29 is 5.11 Å². The molecule has 1 heterocycles. The predicted molar refractivity (Wildman–Crippen MR) is 55.7 cm³/mol. The number of nitrogens with zero attached hydrogens (tertiary/aromatic N) is 1. The van der Waals surface area contributed by atoms with Gasteiger partial charge >= 0.3 is 0 Å². The SMILES string of the molecule is Oc1cnc(-c2cc(Cl)cc(Cl)c2)[nH]1. The lowest BCUT2D eigenvalue weighted by Gasteiger charge is -1.98. The molecule has 1 aromatic heterocycles. The normalized spacial score (nSPS) is 10.4. The molecule has 0 saturated carbocycles. The summed E-state index contributed by atoms with van der Waals surface area (Å²) < 4.78 is 0. The Labute approximate surface area is 90.3 Å². The summed E-state index contributed by atoms with van der Waals surface area (Å²) in [5.74, 6) is 0.544. The molecule has 0 amide bonds. The van der Waals surface area contributed by atoms with Gasteiger partial charge in [-0.3, -0.25) is 0 Å². The summed E-state index contributed by atoms with van der Waals surface area (Å²) in [5.41, 5.74) is 0.739. The van der Waals surface area contributed by atoms with Gasteiger partial charge in [-0.05, 0) is 18.2 Å². The number of halogens is 2. The first-order valence-corrected chi connectivity index (χ1v) is 4.61. The molecule has 0 aliphatic heterocycles. The molecular formula is C9H6Cl2N2O. The van der Waals surface area contributed by atoms with Crippen LogP contribution in [0.2, 0.25) is 10.0 Å². The number of benzene rings is 1. The lowest BCUT2D eigenvalue weighted by atomic mass is 10.2. The maximum absolute atomic E-state index is 9.07. The van der Waals surface area contributed by atoms with Crippen molar-refractivity contribution in [3.05, 3.63) is 34.4 Å². The van der Waals surface area contributed by atoms with Gasteiger partial charge in [-0.25, -0.2) is 4.98 Å². The molecule has 0 spiro atoms. The van der Waals surface area contributed by atoms with Gasteiger partial charge in [0.2, 0.25) is 5.88 Å². The van der Waals surface area contributed by atoms with E-state index in [2.05, 4.69) is 9.97 Å². The molecule has 1 aromatic carbocycles. The monoisotopic (exact) mass is 228 g/mol. The zero-order valence-corrected chi connectivity index (χ0v) is 8.47. The van der Waals surface area contributed by atoms with Gasteiger partial charge in [-0.2, -0.15) is 0 Å². The van der Waals surface area contributed by atoms with Crippen LogP contribution in [0.5, 0.6) is 5.88 Å². The van der Waals surface area contributed by atoms with Crippen LogP contribution in [0.25, 0.3) is 11.4 Å². The highest BCUT2D eigenvalue weighted by Crippen LogP contribution is 2.25. The van der Waals surface area contributed by atoms with E-state index >= 15 is 0 Å². The summed E-state index contributed by atoms with van der Waals surface area (Å²) in [6, 6.07) is 5.06. The van der Waals surface area contributed by atoms with E-state index in [1.165, 1.54) is 6.20 Å². The van der Waals surface area contributed by atoms with Gasteiger partial charge in [0, 0.05) is 15.6 Å². The van der Waals surface area contributed by atoms with E-state index in [1.807, 2.05) is 0 Å². The van der Waals surface area contributed by atoms with E-state index in [9.17, 15) is 0 Å². The highest BCUT2D eigenvalue weighted by molar-refractivity contribution is 6.35. The van der Waals surface area contributed by atoms with Crippen molar-refractivity contribution in [1.82, 2.24) is 9.97 Å². The molecule has 2 N–H and O–H groups in total. The molecule has 2 aromatic rings. The summed E-state index contributed by atoms with van der Waals surface area (Å²) in [6.07, 6.45) is 1.32. The van der Waals surface area contributed by atoms with Crippen molar-refractivity contribution >= 4 is 23.2 Å². The Morgan fingerprint density at radius 3 is 2.29 bits per heavy atom. The van der Waals surface area contributed by atoms with Gasteiger partial charge in [-0.1, -0.05) is 23.2 Å². The highest BCUT2D eigenvalue weighted by Gasteiger charge is 2.04. The molecule has 0 saturated heterocycles. The van der Waals surface area contributed by atoms with Gasteiger partial charge < -0.3 is 10.1 Å². The van der Waals surface area contributed by atoms with Crippen LogP contribution in [0.1, 0.15) is 0 Å². The minimum Gasteiger partial charge on any atom is -0.493 e. The van der Waals surface area contributed by atoms with E-state index in [4.69, 9.17) is 28.3 Å².